The largest absolute Gasteiger partial charge is 0.457 e. The molecule has 2 unspecified atom stereocenters. The molecule has 0 radical (unpaired) electrons. The van der Waals surface area contributed by atoms with E-state index < -0.39 is 16.0 Å². The minimum atomic E-state index is -3.68. The highest BCUT2D eigenvalue weighted by atomic mass is 35.5. The Morgan fingerprint density at radius 1 is 1.12 bits per heavy atom. The molecular weight excluding hydrogens is 452 g/mol. The molecule has 7 nitrogen and oxygen atoms in total. The van der Waals surface area contributed by atoms with Crippen molar-refractivity contribution >= 4 is 38.5 Å². The summed E-state index contributed by atoms with van der Waals surface area (Å²) in [5.74, 6) is -0.577. The molecule has 0 N–H and O–H groups in total. The highest BCUT2D eigenvalue weighted by Crippen LogP contribution is 2.23. The van der Waals surface area contributed by atoms with Crippen LogP contribution in [0.25, 0.3) is 10.9 Å². The fourth-order valence-corrected chi connectivity index (χ4v) is 5.49. The highest BCUT2D eigenvalue weighted by molar-refractivity contribution is 7.89. The first-order chi connectivity index (χ1) is 15.2. The van der Waals surface area contributed by atoms with Crippen molar-refractivity contribution in [3.05, 3.63) is 70.9 Å². The van der Waals surface area contributed by atoms with E-state index in [2.05, 4.69) is 4.98 Å². The summed E-state index contributed by atoms with van der Waals surface area (Å²) in [6.45, 7) is 4.22. The van der Waals surface area contributed by atoms with E-state index in [1.165, 1.54) is 28.6 Å². The number of aromatic nitrogens is 1. The van der Waals surface area contributed by atoms with E-state index in [1.807, 2.05) is 44.2 Å². The van der Waals surface area contributed by atoms with E-state index in [-0.39, 0.29) is 47.5 Å². The maximum absolute atomic E-state index is 12.9. The minimum Gasteiger partial charge on any atom is -0.457 e. The number of nitrogens with zero attached hydrogens (tertiary/aromatic N) is 2. The van der Waals surface area contributed by atoms with Gasteiger partial charge >= 0.3 is 5.97 Å². The molecule has 2 atom stereocenters. The van der Waals surface area contributed by atoms with Gasteiger partial charge in [0.15, 0.2) is 0 Å². The van der Waals surface area contributed by atoms with Crippen LogP contribution in [-0.2, 0) is 26.1 Å². The van der Waals surface area contributed by atoms with Crippen LogP contribution in [0, 0.1) is 0 Å². The fraction of sp³-hybridized carbons (Fsp3) is 0.304. The van der Waals surface area contributed by atoms with Crippen molar-refractivity contribution in [2.75, 3.05) is 13.1 Å². The molecule has 1 aliphatic rings. The Kier molecular flexibility index (Phi) is 6.48. The van der Waals surface area contributed by atoms with E-state index >= 15 is 0 Å². The minimum absolute atomic E-state index is 0.0426. The quantitative estimate of drug-likeness (QED) is 0.409. The molecule has 1 saturated heterocycles. The number of benzene rings is 2. The first-order valence-corrected chi connectivity index (χ1v) is 12.0. The number of hydrogen-bond acceptors (Lipinski definition) is 6. The van der Waals surface area contributed by atoms with Crippen LogP contribution >= 0.6 is 11.6 Å². The van der Waals surface area contributed by atoms with Crippen LogP contribution in [0.1, 0.15) is 29.8 Å². The number of ether oxygens (including phenoxy) is 2. The number of sulfonamides is 1. The molecule has 0 bridgehead atoms. The van der Waals surface area contributed by atoms with Crippen molar-refractivity contribution in [2.24, 2.45) is 0 Å². The zero-order chi connectivity index (χ0) is 22.9. The molecule has 168 valence electrons. The molecule has 1 fully saturated rings. The van der Waals surface area contributed by atoms with Gasteiger partial charge in [-0.25, -0.2) is 18.2 Å². The fourth-order valence-electron chi connectivity index (χ4n) is 3.70. The molecule has 2 aromatic carbocycles. The number of esters is 1. The lowest BCUT2D eigenvalue weighted by molar-refractivity contribution is -0.0440. The molecule has 0 aliphatic carbocycles. The van der Waals surface area contributed by atoms with Gasteiger partial charge in [-0.2, -0.15) is 4.31 Å². The summed E-state index contributed by atoms with van der Waals surface area (Å²) in [5, 5.41) is 1.16. The second kappa shape index (κ2) is 9.15. The Bertz CT molecular complexity index is 1240. The van der Waals surface area contributed by atoms with Crippen LogP contribution in [0.2, 0.25) is 5.15 Å². The third-order valence-electron chi connectivity index (χ3n) is 5.22. The first-order valence-electron chi connectivity index (χ1n) is 10.2. The number of pyridine rings is 1. The second-order valence-electron chi connectivity index (χ2n) is 7.81. The van der Waals surface area contributed by atoms with Gasteiger partial charge in [0.1, 0.15) is 11.8 Å². The van der Waals surface area contributed by atoms with Crippen LogP contribution < -0.4 is 0 Å². The van der Waals surface area contributed by atoms with E-state index in [1.54, 1.807) is 0 Å². The van der Waals surface area contributed by atoms with Crippen molar-refractivity contribution in [1.82, 2.24) is 9.29 Å². The Morgan fingerprint density at radius 3 is 2.47 bits per heavy atom. The molecule has 3 aromatic rings. The predicted octanol–water partition coefficient (Wildman–Crippen LogP) is 4.04. The van der Waals surface area contributed by atoms with Gasteiger partial charge in [0.2, 0.25) is 10.0 Å². The normalized spacial score (nSPS) is 19.7. The summed E-state index contributed by atoms with van der Waals surface area (Å²) in [5.41, 5.74) is 1.60. The van der Waals surface area contributed by atoms with E-state index in [9.17, 15) is 13.2 Å². The van der Waals surface area contributed by atoms with Gasteiger partial charge in [-0.1, -0.05) is 29.8 Å². The number of carbonyl (C=O) groups excluding carboxylic acids is 1. The van der Waals surface area contributed by atoms with Crippen molar-refractivity contribution in [3.63, 3.8) is 0 Å². The number of halogens is 1. The molecule has 0 amide bonds. The van der Waals surface area contributed by atoms with Gasteiger partial charge in [0.25, 0.3) is 0 Å². The summed E-state index contributed by atoms with van der Waals surface area (Å²) in [6, 6.07) is 15.1. The van der Waals surface area contributed by atoms with Crippen molar-refractivity contribution in [1.29, 1.82) is 0 Å². The van der Waals surface area contributed by atoms with E-state index in [0.717, 1.165) is 10.9 Å². The maximum atomic E-state index is 12.9. The standard InChI is InChI=1S/C23H23ClN2O5S/c1-15-12-26(13-16(2)31-15)32(28,29)20-9-7-17(8-10-20)23(27)30-14-19-11-18-5-3-4-6-21(18)25-22(19)24/h3-11,15-16H,12-14H2,1-2H3. The molecular formula is C23H23ClN2O5S. The average Bonchev–Trinajstić information content (AvgIpc) is 2.77. The van der Waals surface area contributed by atoms with Crippen LogP contribution in [0.15, 0.2) is 59.5 Å². The topological polar surface area (TPSA) is 85.8 Å². The van der Waals surface area contributed by atoms with Crippen molar-refractivity contribution < 1.29 is 22.7 Å². The van der Waals surface area contributed by atoms with Crippen LogP contribution in [0.5, 0.6) is 0 Å². The van der Waals surface area contributed by atoms with Crippen molar-refractivity contribution in [2.45, 2.75) is 37.6 Å². The Labute approximate surface area is 192 Å². The van der Waals surface area contributed by atoms with Crippen molar-refractivity contribution in [3.8, 4) is 0 Å². The Morgan fingerprint density at radius 2 is 1.78 bits per heavy atom. The number of fused-ring (bicyclic) bond motifs is 1. The van der Waals surface area contributed by atoms with Crippen LogP contribution in [0.4, 0.5) is 0 Å². The van der Waals surface area contributed by atoms with Gasteiger partial charge in [0.05, 0.1) is 28.2 Å². The van der Waals surface area contributed by atoms with E-state index in [4.69, 9.17) is 21.1 Å². The second-order valence-corrected chi connectivity index (χ2v) is 10.1. The molecule has 32 heavy (non-hydrogen) atoms. The molecule has 0 saturated carbocycles. The third-order valence-corrected chi connectivity index (χ3v) is 7.40. The Hall–Kier alpha value is -2.52. The molecule has 9 heteroatoms. The molecule has 4 rings (SSSR count). The zero-order valence-corrected chi connectivity index (χ0v) is 19.3. The van der Waals surface area contributed by atoms with Gasteiger partial charge in [-0.05, 0) is 50.2 Å². The lowest BCUT2D eigenvalue weighted by Crippen LogP contribution is -2.48. The number of morpholine rings is 1. The summed E-state index contributed by atoms with van der Waals surface area (Å²) in [7, 11) is -3.68. The van der Waals surface area contributed by atoms with Crippen LogP contribution in [-0.4, -0.2) is 49.0 Å². The smallest absolute Gasteiger partial charge is 0.338 e. The summed E-state index contributed by atoms with van der Waals surface area (Å²) >= 11 is 6.22. The highest BCUT2D eigenvalue weighted by Gasteiger charge is 2.32. The Balaban J connectivity index is 1.45. The summed E-state index contributed by atoms with van der Waals surface area (Å²) in [6.07, 6.45) is -0.363. The summed E-state index contributed by atoms with van der Waals surface area (Å²) in [4.78, 5) is 16.9. The van der Waals surface area contributed by atoms with E-state index in [0.29, 0.717) is 5.56 Å². The molecule has 2 heterocycles. The third kappa shape index (κ3) is 4.78. The number of rotatable bonds is 5. The van der Waals surface area contributed by atoms with Gasteiger partial charge in [-0.3, -0.25) is 0 Å². The number of hydrogen-bond donors (Lipinski definition) is 0. The first kappa shape index (κ1) is 22.7. The number of carbonyl (C=O) groups is 1. The average molecular weight is 475 g/mol. The van der Waals surface area contributed by atoms with Gasteiger partial charge in [-0.15, -0.1) is 0 Å². The van der Waals surface area contributed by atoms with Gasteiger partial charge in [0, 0.05) is 24.0 Å². The predicted molar refractivity (Wildman–Crippen MR) is 121 cm³/mol. The zero-order valence-electron chi connectivity index (χ0n) is 17.7. The lowest BCUT2D eigenvalue weighted by atomic mass is 10.1. The lowest BCUT2D eigenvalue weighted by Gasteiger charge is -2.34. The maximum Gasteiger partial charge on any atom is 0.338 e. The molecule has 1 aliphatic heterocycles. The monoisotopic (exact) mass is 474 g/mol. The molecule has 0 spiro atoms. The molecule has 1 aromatic heterocycles. The number of para-hydroxylation sites is 1. The summed E-state index contributed by atoms with van der Waals surface area (Å²) < 4.78 is 38.3. The van der Waals surface area contributed by atoms with Crippen LogP contribution in [0.3, 0.4) is 0 Å². The SMILES string of the molecule is CC1CN(S(=O)(=O)c2ccc(C(=O)OCc3cc4ccccc4nc3Cl)cc2)CC(C)O1. The van der Waals surface area contributed by atoms with Gasteiger partial charge < -0.3 is 9.47 Å².